The van der Waals surface area contributed by atoms with Gasteiger partial charge in [-0.05, 0) is 88.5 Å². The number of nitrogens with zero attached hydrogens (tertiary/aromatic N) is 2. The van der Waals surface area contributed by atoms with Crippen molar-refractivity contribution in [2.24, 2.45) is 11.8 Å². The van der Waals surface area contributed by atoms with Crippen molar-refractivity contribution < 1.29 is 13.6 Å². The van der Waals surface area contributed by atoms with E-state index in [0.717, 1.165) is 55.8 Å². The molecule has 1 aliphatic carbocycles. The van der Waals surface area contributed by atoms with Crippen LogP contribution in [0.2, 0.25) is 0 Å². The largest absolute Gasteiger partial charge is 0.352 e. The topological polar surface area (TPSA) is 35.6 Å². The van der Waals surface area contributed by atoms with Gasteiger partial charge in [0.15, 0.2) is 0 Å². The SMILES string of the molecule is O=C(NCCCCCN1CCCC2=C[C@@H]3C[C@@H](CN4CCCC[C@H]34)[C@@H]21)c1c(F)cc(Br)cc1F. The van der Waals surface area contributed by atoms with Crippen LogP contribution in [0.4, 0.5) is 8.78 Å². The monoisotopic (exact) mass is 535 g/mol. The van der Waals surface area contributed by atoms with Crippen molar-refractivity contribution >= 4 is 21.8 Å². The van der Waals surface area contributed by atoms with Gasteiger partial charge in [-0.2, -0.15) is 0 Å². The molecular weight excluding hydrogens is 500 g/mol. The number of benzene rings is 1. The van der Waals surface area contributed by atoms with Gasteiger partial charge in [-0.3, -0.25) is 14.6 Å². The van der Waals surface area contributed by atoms with E-state index in [1.807, 2.05) is 0 Å². The van der Waals surface area contributed by atoms with Gasteiger partial charge in [0.25, 0.3) is 5.91 Å². The Kier molecular flexibility index (Phi) is 7.71. The molecular formula is C27H36BrF2N3O. The number of nitrogens with one attached hydrogen (secondary N) is 1. The van der Waals surface area contributed by atoms with E-state index in [4.69, 9.17) is 0 Å². The molecule has 186 valence electrons. The first-order valence-corrected chi connectivity index (χ1v) is 13.9. The van der Waals surface area contributed by atoms with E-state index in [0.29, 0.717) is 12.6 Å². The molecule has 1 N–H and O–H groups in total. The summed E-state index contributed by atoms with van der Waals surface area (Å²) in [5, 5.41) is 2.68. The van der Waals surface area contributed by atoms with Gasteiger partial charge in [0.1, 0.15) is 17.2 Å². The van der Waals surface area contributed by atoms with Gasteiger partial charge < -0.3 is 5.32 Å². The van der Waals surface area contributed by atoms with Crippen LogP contribution in [-0.4, -0.2) is 60.5 Å². The third kappa shape index (κ3) is 5.12. The number of piperidine rings is 3. The zero-order chi connectivity index (χ0) is 23.7. The Bertz CT molecular complexity index is 915. The van der Waals surface area contributed by atoms with Gasteiger partial charge >= 0.3 is 0 Å². The minimum atomic E-state index is -0.841. The van der Waals surface area contributed by atoms with Crippen LogP contribution in [0.3, 0.4) is 0 Å². The summed E-state index contributed by atoms with van der Waals surface area (Å²) >= 11 is 3.04. The summed E-state index contributed by atoms with van der Waals surface area (Å²) in [6, 6.07) is 3.65. The summed E-state index contributed by atoms with van der Waals surface area (Å²) in [6.45, 7) is 5.27. The fraction of sp³-hybridized carbons (Fsp3) is 0.667. The van der Waals surface area contributed by atoms with Crippen molar-refractivity contribution in [2.75, 3.05) is 32.7 Å². The molecule has 0 saturated carbocycles. The number of unbranched alkanes of at least 4 members (excludes halogenated alkanes) is 2. The zero-order valence-corrected chi connectivity index (χ0v) is 21.5. The van der Waals surface area contributed by atoms with Gasteiger partial charge in [-0.25, -0.2) is 8.78 Å². The molecule has 3 heterocycles. The Balaban J connectivity index is 1.09. The molecule has 4 aliphatic rings. The second-order valence-corrected chi connectivity index (χ2v) is 11.5. The maximum Gasteiger partial charge on any atom is 0.257 e. The molecule has 1 aromatic carbocycles. The number of amides is 1. The number of fused-ring (bicyclic) bond motifs is 6. The van der Waals surface area contributed by atoms with E-state index in [-0.39, 0.29) is 4.47 Å². The highest BCUT2D eigenvalue weighted by Crippen LogP contribution is 2.45. The smallest absolute Gasteiger partial charge is 0.257 e. The molecule has 3 fully saturated rings. The second kappa shape index (κ2) is 10.8. The number of hydrogen-bond acceptors (Lipinski definition) is 3. The van der Waals surface area contributed by atoms with Crippen molar-refractivity contribution in [1.29, 1.82) is 0 Å². The minimum absolute atomic E-state index is 0.284. The maximum absolute atomic E-state index is 14.0. The van der Waals surface area contributed by atoms with E-state index >= 15 is 0 Å². The first-order valence-electron chi connectivity index (χ1n) is 13.1. The van der Waals surface area contributed by atoms with Crippen LogP contribution in [0.15, 0.2) is 28.3 Å². The molecule has 0 spiro atoms. The van der Waals surface area contributed by atoms with Gasteiger partial charge in [0.05, 0.1) is 0 Å². The lowest BCUT2D eigenvalue weighted by atomic mass is 9.68. The Morgan fingerprint density at radius 1 is 1.09 bits per heavy atom. The third-order valence-corrected chi connectivity index (χ3v) is 8.86. The standard InChI is InChI=1S/C27H36BrF2N3O/c28-21-15-22(29)25(23(30)16-21)27(34)31-9-3-1-4-10-32-12-6-7-18-13-19-14-20(26(18)32)17-33-11-5-2-8-24(19)33/h13,15-16,19-20,24,26H,1-12,14,17H2,(H,31,34)/t19-,20+,24-,26-/m1/s1. The molecule has 3 aliphatic heterocycles. The lowest BCUT2D eigenvalue weighted by Gasteiger charge is -2.55. The van der Waals surface area contributed by atoms with Gasteiger partial charge in [0.2, 0.25) is 0 Å². The van der Waals surface area contributed by atoms with E-state index in [1.165, 1.54) is 58.2 Å². The molecule has 0 aromatic heterocycles. The predicted molar refractivity (Wildman–Crippen MR) is 134 cm³/mol. The van der Waals surface area contributed by atoms with Gasteiger partial charge in [-0.15, -0.1) is 0 Å². The molecule has 1 amide bonds. The number of likely N-dealkylation sites (tertiary alicyclic amines) is 1. The highest BCUT2D eigenvalue weighted by Gasteiger charge is 2.45. The van der Waals surface area contributed by atoms with Gasteiger partial charge in [0, 0.05) is 29.6 Å². The second-order valence-electron chi connectivity index (χ2n) is 10.6. The normalized spacial score (nSPS) is 29.2. The first kappa shape index (κ1) is 24.4. The molecule has 2 bridgehead atoms. The van der Waals surface area contributed by atoms with E-state index in [9.17, 15) is 13.6 Å². The van der Waals surface area contributed by atoms with Crippen LogP contribution in [0, 0.1) is 23.5 Å². The number of carbonyl (C=O) groups excluding carboxylic acids is 1. The highest BCUT2D eigenvalue weighted by atomic mass is 79.9. The third-order valence-electron chi connectivity index (χ3n) is 8.40. The molecule has 0 radical (unpaired) electrons. The van der Waals surface area contributed by atoms with Crippen LogP contribution in [0.5, 0.6) is 0 Å². The summed E-state index contributed by atoms with van der Waals surface area (Å²) in [7, 11) is 0. The van der Waals surface area contributed by atoms with Crippen LogP contribution in [-0.2, 0) is 0 Å². The van der Waals surface area contributed by atoms with Crippen LogP contribution < -0.4 is 5.32 Å². The van der Waals surface area contributed by atoms with E-state index < -0.39 is 23.1 Å². The molecule has 34 heavy (non-hydrogen) atoms. The molecule has 7 heteroatoms. The number of halogens is 3. The Morgan fingerprint density at radius 3 is 2.74 bits per heavy atom. The quantitative estimate of drug-likeness (QED) is 0.368. The van der Waals surface area contributed by atoms with Crippen molar-refractivity contribution in [3.63, 3.8) is 0 Å². The molecule has 4 nitrogen and oxygen atoms in total. The molecule has 3 saturated heterocycles. The molecule has 0 unspecified atom stereocenters. The fourth-order valence-corrected chi connectivity index (χ4v) is 7.40. The summed E-state index contributed by atoms with van der Waals surface area (Å²) in [6.07, 6.45) is 13.6. The lowest BCUT2D eigenvalue weighted by Crippen LogP contribution is -2.59. The summed E-state index contributed by atoms with van der Waals surface area (Å²) in [4.78, 5) is 17.7. The van der Waals surface area contributed by atoms with Crippen molar-refractivity contribution in [3.8, 4) is 0 Å². The van der Waals surface area contributed by atoms with Gasteiger partial charge in [-0.1, -0.05) is 40.4 Å². The van der Waals surface area contributed by atoms with Crippen LogP contribution in [0.25, 0.3) is 0 Å². The van der Waals surface area contributed by atoms with Crippen LogP contribution >= 0.6 is 15.9 Å². The van der Waals surface area contributed by atoms with Crippen molar-refractivity contribution in [3.05, 3.63) is 45.5 Å². The summed E-state index contributed by atoms with van der Waals surface area (Å²) < 4.78 is 28.2. The van der Waals surface area contributed by atoms with E-state index in [1.54, 1.807) is 5.57 Å². The molecule has 1 aromatic rings. The average Bonchev–Trinajstić information content (AvgIpc) is 2.80. The Hall–Kier alpha value is -1.31. The average molecular weight is 537 g/mol. The lowest BCUT2D eigenvalue weighted by molar-refractivity contribution is -0.000966. The minimum Gasteiger partial charge on any atom is -0.352 e. The van der Waals surface area contributed by atoms with Crippen molar-refractivity contribution in [2.45, 2.75) is 69.9 Å². The molecule has 4 atom stereocenters. The Labute approximate surface area is 210 Å². The zero-order valence-electron chi connectivity index (χ0n) is 19.9. The molecule has 5 rings (SSSR count). The van der Waals surface area contributed by atoms with E-state index in [2.05, 4.69) is 37.1 Å². The number of rotatable bonds is 7. The summed E-state index contributed by atoms with van der Waals surface area (Å²) in [5.74, 6) is -0.819. The first-order chi connectivity index (χ1) is 16.5. The highest BCUT2D eigenvalue weighted by molar-refractivity contribution is 9.10. The number of hydrogen-bond donors (Lipinski definition) is 1. The fourth-order valence-electron chi connectivity index (χ4n) is 7.00. The van der Waals surface area contributed by atoms with Crippen molar-refractivity contribution in [1.82, 2.24) is 15.1 Å². The number of carbonyl (C=O) groups is 1. The maximum atomic E-state index is 14.0. The summed E-state index contributed by atoms with van der Waals surface area (Å²) in [5.41, 5.74) is 1.21. The van der Waals surface area contributed by atoms with Crippen LogP contribution in [0.1, 0.15) is 68.1 Å². The Morgan fingerprint density at radius 2 is 1.91 bits per heavy atom. The predicted octanol–water partition coefficient (Wildman–Crippen LogP) is 5.52.